The average molecular weight is 270 g/mol. The Hall–Kier alpha value is -1.67. The van der Waals surface area contributed by atoms with E-state index in [0.29, 0.717) is 5.69 Å². The molecular weight excluding hydrogens is 260 g/mol. The Morgan fingerprint density at radius 2 is 2.06 bits per heavy atom. The van der Waals surface area contributed by atoms with Gasteiger partial charge in [-0.1, -0.05) is 23.5 Å². The summed E-state index contributed by atoms with van der Waals surface area (Å²) in [6, 6.07) is 6.63. The van der Waals surface area contributed by atoms with E-state index in [2.05, 4.69) is 20.2 Å². The standard InChI is InChI=1S/C9H10N4O2S2/c1-10-7-4-2-3-5-8(7)17(14,15)13-9-12-11-6-16-9/h2-6,10H,1H3,(H,12,13). The molecule has 0 aliphatic heterocycles. The van der Waals surface area contributed by atoms with Gasteiger partial charge >= 0.3 is 0 Å². The fourth-order valence-corrected chi connectivity index (χ4v) is 3.20. The van der Waals surface area contributed by atoms with Gasteiger partial charge in [0.2, 0.25) is 5.13 Å². The highest BCUT2D eigenvalue weighted by atomic mass is 32.2. The Labute approximate surface area is 103 Å². The molecule has 0 spiro atoms. The van der Waals surface area contributed by atoms with Crippen LogP contribution in [0.1, 0.15) is 0 Å². The number of hydrogen-bond acceptors (Lipinski definition) is 6. The highest BCUT2D eigenvalue weighted by Gasteiger charge is 2.18. The molecule has 1 heterocycles. The van der Waals surface area contributed by atoms with E-state index in [1.54, 1.807) is 25.2 Å². The normalized spacial score (nSPS) is 11.1. The van der Waals surface area contributed by atoms with Crippen LogP contribution >= 0.6 is 11.3 Å². The van der Waals surface area contributed by atoms with E-state index >= 15 is 0 Å². The molecule has 1 aromatic carbocycles. The lowest BCUT2D eigenvalue weighted by molar-refractivity contribution is 0.601. The Morgan fingerprint density at radius 1 is 1.29 bits per heavy atom. The quantitative estimate of drug-likeness (QED) is 0.877. The summed E-state index contributed by atoms with van der Waals surface area (Å²) in [5.74, 6) is 0. The molecule has 0 atom stereocenters. The summed E-state index contributed by atoms with van der Waals surface area (Å²) in [5.41, 5.74) is 1.99. The molecule has 2 rings (SSSR count). The highest BCUT2D eigenvalue weighted by Crippen LogP contribution is 2.23. The summed E-state index contributed by atoms with van der Waals surface area (Å²) in [6.45, 7) is 0. The summed E-state index contributed by atoms with van der Waals surface area (Å²) >= 11 is 1.13. The lowest BCUT2D eigenvalue weighted by Crippen LogP contribution is -2.14. The maximum absolute atomic E-state index is 12.1. The monoisotopic (exact) mass is 270 g/mol. The Balaban J connectivity index is 2.38. The third kappa shape index (κ3) is 2.53. The second kappa shape index (κ2) is 4.68. The van der Waals surface area contributed by atoms with Crippen molar-refractivity contribution in [2.24, 2.45) is 0 Å². The molecule has 1 aromatic heterocycles. The molecule has 6 nitrogen and oxygen atoms in total. The first kappa shape index (κ1) is 11.8. The number of benzene rings is 1. The van der Waals surface area contributed by atoms with Gasteiger partial charge in [-0.2, -0.15) is 0 Å². The Bertz CT molecular complexity index is 595. The maximum atomic E-state index is 12.1. The van der Waals surface area contributed by atoms with Crippen LogP contribution in [0.4, 0.5) is 10.8 Å². The zero-order chi connectivity index (χ0) is 12.3. The molecule has 0 bridgehead atoms. The van der Waals surface area contributed by atoms with Gasteiger partial charge in [0.05, 0.1) is 5.69 Å². The van der Waals surface area contributed by atoms with E-state index in [4.69, 9.17) is 0 Å². The Kier molecular flexibility index (Phi) is 3.25. The first-order valence-electron chi connectivity index (χ1n) is 4.69. The molecule has 0 amide bonds. The van der Waals surface area contributed by atoms with Gasteiger partial charge in [0.15, 0.2) is 0 Å². The van der Waals surface area contributed by atoms with Crippen LogP contribution in [-0.2, 0) is 10.0 Å². The molecular formula is C9H10N4O2S2. The van der Waals surface area contributed by atoms with Crippen LogP contribution in [0.25, 0.3) is 0 Å². The zero-order valence-corrected chi connectivity index (χ0v) is 10.5. The topological polar surface area (TPSA) is 84.0 Å². The number of hydrogen-bond donors (Lipinski definition) is 2. The summed E-state index contributed by atoms with van der Waals surface area (Å²) in [6.07, 6.45) is 0. The number of sulfonamides is 1. The maximum Gasteiger partial charge on any atom is 0.265 e. The SMILES string of the molecule is CNc1ccccc1S(=O)(=O)Nc1nncs1. The van der Waals surface area contributed by atoms with Gasteiger partial charge in [-0.05, 0) is 12.1 Å². The van der Waals surface area contributed by atoms with Gasteiger partial charge in [0, 0.05) is 7.05 Å². The predicted octanol–water partition coefficient (Wildman–Crippen LogP) is 1.38. The molecule has 0 radical (unpaired) electrons. The second-order valence-corrected chi connectivity index (χ2v) is 5.58. The molecule has 90 valence electrons. The van der Waals surface area contributed by atoms with Crippen molar-refractivity contribution in [1.82, 2.24) is 10.2 Å². The fourth-order valence-electron chi connectivity index (χ4n) is 1.29. The van der Waals surface area contributed by atoms with E-state index in [-0.39, 0.29) is 10.0 Å². The fraction of sp³-hybridized carbons (Fsp3) is 0.111. The van der Waals surface area contributed by atoms with E-state index in [1.807, 2.05) is 0 Å². The van der Waals surface area contributed by atoms with E-state index in [1.165, 1.54) is 11.6 Å². The third-order valence-corrected chi connectivity index (χ3v) is 4.16. The number of para-hydroxylation sites is 1. The minimum atomic E-state index is -3.63. The molecule has 2 aromatic rings. The van der Waals surface area contributed by atoms with Crippen molar-refractivity contribution in [3.05, 3.63) is 29.8 Å². The molecule has 0 aliphatic rings. The van der Waals surface area contributed by atoms with Crippen molar-refractivity contribution in [3.8, 4) is 0 Å². The van der Waals surface area contributed by atoms with E-state index in [9.17, 15) is 8.42 Å². The molecule has 0 saturated heterocycles. The highest BCUT2D eigenvalue weighted by molar-refractivity contribution is 7.93. The first-order valence-corrected chi connectivity index (χ1v) is 7.05. The van der Waals surface area contributed by atoms with Crippen molar-refractivity contribution in [2.45, 2.75) is 4.90 Å². The molecule has 0 unspecified atom stereocenters. The van der Waals surface area contributed by atoms with Gasteiger partial charge in [0.25, 0.3) is 10.0 Å². The van der Waals surface area contributed by atoms with Crippen molar-refractivity contribution in [3.63, 3.8) is 0 Å². The van der Waals surface area contributed by atoms with Gasteiger partial charge in [0.1, 0.15) is 10.4 Å². The van der Waals surface area contributed by atoms with Crippen LogP contribution in [0.2, 0.25) is 0 Å². The number of nitrogens with zero attached hydrogens (tertiary/aromatic N) is 2. The molecule has 0 aliphatic carbocycles. The molecule has 17 heavy (non-hydrogen) atoms. The van der Waals surface area contributed by atoms with Crippen LogP contribution in [0.15, 0.2) is 34.7 Å². The molecule has 2 N–H and O–H groups in total. The van der Waals surface area contributed by atoms with E-state index in [0.717, 1.165) is 11.3 Å². The summed E-state index contributed by atoms with van der Waals surface area (Å²) in [5, 5.41) is 10.3. The van der Waals surface area contributed by atoms with Crippen LogP contribution in [0.5, 0.6) is 0 Å². The minimum Gasteiger partial charge on any atom is -0.387 e. The summed E-state index contributed by atoms with van der Waals surface area (Å²) in [4.78, 5) is 0.178. The van der Waals surface area contributed by atoms with Crippen LogP contribution in [-0.4, -0.2) is 25.7 Å². The lowest BCUT2D eigenvalue weighted by atomic mass is 10.3. The minimum absolute atomic E-state index is 0.178. The van der Waals surface area contributed by atoms with Gasteiger partial charge < -0.3 is 5.32 Å². The third-order valence-electron chi connectivity index (χ3n) is 2.03. The second-order valence-electron chi connectivity index (χ2n) is 3.10. The van der Waals surface area contributed by atoms with E-state index < -0.39 is 10.0 Å². The van der Waals surface area contributed by atoms with Crippen LogP contribution in [0.3, 0.4) is 0 Å². The largest absolute Gasteiger partial charge is 0.387 e. The van der Waals surface area contributed by atoms with Crippen molar-refractivity contribution < 1.29 is 8.42 Å². The van der Waals surface area contributed by atoms with Crippen LogP contribution < -0.4 is 10.0 Å². The number of nitrogens with one attached hydrogen (secondary N) is 2. The Morgan fingerprint density at radius 3 is 2.71 bits per heavy atom. The van der Waals surface area contributed by atoms with Crippen molar-refractivity contribution >= 4 is 32.2 Å². The van der Waals surface area contributed by atoms with Gasteiger partial charge in [-0.3, -0.25) is 4.72 Å². The number of aromatic nitrogens is 2. The number of anilines is 2. The lowest BCUT2D eigenvalue weighted by Gasteiger charge is -2.09. The van der Waals surface area contributed by atoms with Crippen molar-refractivity contribution in [1.29, 1.82) is 0 Å². The molecule has 8 heteroatoms. The van der Waals surface area contributed by atoms with Gasteiger partial charge in [-0.15, -0.1) is 10.2 Å². The van der Waals surface area contributed by atoms with Crippen molar-refractivity contribution in [2.75, 3.05) is 17.1 Å². The summed E-state index contributed by atoms with van der Waals surface area (Å²) in [7, 11) is -1.96. The predicted molar refractivity (Wildman–Crippen MR) is 66.7 cm³/mol. The van der Waals surface area contributed by atoms with Crippen LogP contribution in [0, 0.1) is 0 Å². The average Bonchev–Trinajstić information content (AvgIpc) is 2.81. The zero-order valence-electron chi connectivity index (χ0n) is 8.91. The smallest absolute Gasteiger partial charge is 0.265 e. The number of rotatable bonds is 4. The molecule has 0 saturated carbocycles. The molecule has 0 fully saturated rings. The first-order chi connectivity index (χ1) is 8.13. The summed E-state index contributed by atoms with van der Waals surface area (Å²) < 4.78 is 26.5. The van der Waals surface area contributed by atoms with Gasteiger partial charge in [-0.25, -0.2) is 8.42 Å².